The first-order chi connectivity index (χ1) is 17.0. The molecule has 1 aromatic carbocycles. The third-order valence-corrected chi connectivity index (χ3v) is 6.98. The second kappa shape index (κ2) is 9.97. The summed E-state index contributed by atoms with van der Waals surface area (Å²) in [6.07, 6.45) is 1.65. The Balaban J connectivity index is 1.54. The van der Waals surface area contributed by atoms with Crippen molar-refractivity contribution < 1.29 is 4.42 Å². The van der Waals surface area contributed by atoms with E-state index in [9.17, 15) is 4.79 Å². The van der Waals surface area contributed by atoms with Gasteiger partial charge < -0.3 is 9.40 Å². The molecule has 0 bridgehead atoms. The van der Waals surface area contributed by atoms with Gasteiger partial charge in [0.1, 0.15) is 12.3 Å². The molecule has 5 rings (SSSR count). The lowest BCUT2D eigenvalue weighted by Crippen LogP contribution is -2.35. The molecule has 0 saturated heterocycles. The molecule has 8 nitrogen and oxygen atoms in total. The second-order valence-corrected chi connectivity index (χ2v) is 10.2. The van der Waals surface area contributed by atoms with E-state index in [-0.39, 0.29) is 17.5 Å². The Morgan fingerprint density at radius 2 is 2.03 bits per heavy atom. The van der Waals surface area contributed by atoms with Crippen LogP contribution in [0.3, 0.4) is 0 Å². The number of rotatable bonds is 9. The Labute approximate surface area is 207 Å². The number of aromatic amines is 1. The largest absolute Gasteiger partial charge is 0.467 e. The maximum Gasteiger partial charge on any atom is 0.252 e. The molecule has 0 radical (unpaired) electrons. The third-order valence-electron chi connectivity index (χ3n) is 6.12. The van der Waals surface area contributed by atoms with E-state index in [0.717, 1.165) is 33.6 Å². The van der Waals surface area contributed by atoms with Gasteiger partial charge in [0, 0.05) is 29.0 Å². The number of nitrogens with zero attached hydrogens (tertiary/aromatic N) is 5. The van der Waals surface area contributed by atoms with Gasteiger partial charge in [-0.2, -0.15) is 0 Å². The zero-order chi connectivity index (χ0) is 24.4. The van der Waals surface area contributed by atoms with Crippen LogP contribution in [-0.4, -0.2) is 30.1 Å². The SMILES string of the molecule is Cc1ccc2[nH]c(=O)c(CN(Cc3cccs3)[C@H](c3nnnn3Cc3ccco3)C(C)C)cc2c1. The van der Waals surface area contributed by atoms with Crippen molar-refractivity contribution in [2.45, 2.75) is 46.4 Å². The van der Waals surface area contributed by atoms with Gasteiger partial charge in [-0.25, -0.2) is 4.68 Å². The number of aromatic nitrogens is 5. The minimum Gasteiger partial charge on any atom is -0.467 e. The van der Waals surface area contributed by atoms with Crippen molar-refractivity contribution in [3.63, 3.8) is 0 Å². The molecule has 0 saturated carbocycles. The van der Waals surface area contributed by atoms with Crippen LogP contribution in [0.15, 0.2) is 69.4 Å². The van der Waals surface area contributed by atoms with E-state index in [1.165, 1.54) is 4.88 Å². The Hall–Kier alpha value is -3.56. The van der Waals surface area contributed by atoms with Crippen LogP contribution in [0.25, 0.3) is 10.9 Å². The Morgan fingerprint density at radius 3 is 2.77 bits per heavy atom. The molecule has 0 aliphatic heterocycles. The molecule has 35 heavy (non-hydrogen) atoms. The highest BCUT2D eigenvalue weighted by Crippen LogP contribution is 2.31. The van der Waals surface area contributed by atoms with Gasteiger partial charge in [-0.05, 0) is 70.4 Å². The molecule has 9 heteroatoms. The number of hydrogen-bond acceptors (Lipinski definition) is 7. The summed E-state index contributed by atoms with van der Waals surface area (Å²) in [7, 11) is 0. The lowest BCUT2D eigenvalue weighted by Gasteiger charge is -2.33. The standard InChI is InChI=1S/C26H28N6O2S/c1-17(2)24(25-28-29-30-32(25)15-21-6-4-10-34-21)31(16-22-7-5-11-35-22)14-20-13-19-12-18(3)8-9-23(19)27-26(20)33/h4-13,17,24H,14-16H2,1-3H3,(H,27,33)/t24-/m0/s1. The summed E-state index contributed by atoms with van der Waals surface area (Å²) in [5, 5.41) is 15.8. The molecule has 0 aliphatic carbocycles. The molecule has 4 aromatic heterocycles. The van der Waals surface area contributed by atoms with Crippen LogP contribution in [0.4, 0.5) is 0 Å². The smallest absolute Gasteiger partial charge is 0.252 e. The van der Waals surface area contributed by atoms with Crippen LogP contribution in [0.2, 0.25) is 0 Å². The maximum absolute atomic E-state index is 13.1. The van der Waals surface area contributed by atoms with Crippen molar-refractivity contribution in [3.8, 4) is 0 Å². The molecular formula is C26H28N6O2S. The van der Waals surface area contributed by atoms with Crippen molar-refractivity contribution in [2.24, 2.45) is 5.92 Å². The maximum atomic E-state index is 13.1. The fourth-order valence-corrected chi connectivity index (χ4v) is 5.26. The fourth-order valence-electron chi connectivity index (χ4n) is 4.53. The van der Waals surface area contributed by atoms with E-state index in [2.05, 4.69) is 69.8 Å². The van der Waals surface area contributed by atoms with Crippen molar-refractivity contribution in [1.82, 2.24) is 30.1 Å². The lowest BCUT2D eigenvalue weighted by atomic mass is 10.00. The summed E-state index contributed by atoms with van der Waals surface area (Å²) >= 11 is 1.70. The average Bonchev–Trinajstić information content (AvgIpc) is 3.59. The number of fused-ring (bicyclic) bond motifs is 1. The second-order valence-electron chi connectivity index (χ2n) is 9.16. The van der Waals surface area contributed by atoms with Gasteiger partial charge in [0.05, 0.1) is 12.3 Å². The minimum absolute atomic E-state index is 0.0739. The van der Waals surface area contributed by atoms with Gasteiger partial charge >= 0.3 is 0 Å². The van der Waals surface area contributed by atoms with Crippen LogP contribution in [-0.2, 0) is 19.6 Å². The summed E-state index contributed by atoms with van der Waals surface area (Å²) in [5.74, 6) is 1.73. The number of benzene rings is 1. The number of hydrogen-bond donors (Lipinski definition) is 1. The van der Waals surface area contributed by atoms with E-state index < -0.39 is 0 Å². The molecule has 1 N–H and O–H groups in total. The first kappa shape index (κ1) is 23.2. The first-order valence-corrected chi connectivity index (χ1v) is 12.5. The van der Waals surface area contributed by atoms with Crippen molar-refractivity contribution in [2.75, 3.05) is 0 Å². The van der Waals surface area contributed by atoms with E-state index in [1.807, 2.05) is 30.3 Å². The van der Waals surface area contributed by atoms with Gasteiger partial charge in [0.2, 0.25) is 0 Å². The van der Waals surface area contributed by atoms with E-state index in [1.54, 1.807) is 22.3 Å². The Kier molecular flexibility index (Phi) is 6.61. The number of nitrogens with one attached hydrogen (secondary N) is 1. The summed E-state index contributed by atoms with van der Waals surface area (Å²) in [4.78, 5) is 19.6. The molecule has 4 heterocycles. The zero-order valence-corrected chi connectivity index (χ0v) is 20.8. The predicted molar refractivity (Wildman–Crippen MR) is 136 cm³/mol. The van der Waals surface area contributed by atoms with Gasteiger partial charge in [-0.1, -0.05) is 31.5 Å². The normalized spacial score (nSPS) is 12.7. The quantitative estimate of drug-likeness (QED) is 0.316. The van der Waals surface area contributed by atoms with Crippen molar-refractivity contribution in [3.05, 3.63) is 98.1 Å². The first-order valence-electron chi connectivity index (χ1n) is 11.7. The van der Waals surface area contributed by atoms with Gasteiger partial charge in [-0.3, -0.25) is 9.69 Å². The van der Waals surface area contributed by atoms with Gasteiger partial charge in [-0.15, -0.1) is 16.4 Å². The van der Waals surface area contributed by atoms with Crippen LogP contribution in [0.1, 0.15) is 47.5 Å². The third kappa shape index (κ3) is 5.11. The fraction of sp³-hybridized carbons (Fsp3) is 0.308. The van der Waals surface area contributed by atoms with Crippen LogP contribution in [0.5, 0.6) is 0 Å². The average molecular weight is 489 g/mol. The molecule has 5 aromatic rings. The molecule has 0 fully saturated rings. The molecule has 1 atom stereocenters. The number of pyridine rings is 1. The number of thiophene rings is 1. The molecular weight excluding hydrogens is 460 g/mol. The summed E-state index contributed by atoms with van der Waals surface area (Å²) in [6, 6.07) is 15.9. The summed E-state index contributed by atoms with van der Waals surface area (Å²) in [6.45, 7) is 7.97. The van der Waals surface area contributed by atoms with Crippen LogP contribution < -0.4 is 5.56 Å². The summed E-state index contributed by atoms with van der Waals surface area (Å²) < 4.78 is 7.33. The number of H-pyrrole nitrogens is 1. The number of tetrazole rings is 1. The zero-order valence-electron chi connectivity index (χ0n) is 20.0. The molecule has 0 spiro atoms. The molecule has 0 amide bonds. The Bertz CT molecular complexity index is 1450. The number of furan rings is 1. The van der Waals surface area contributed by atoms with E-state index in [4.69, 9.17) is 4.42 Å². The van der Waals surface area contributed by atoms with Crippen molar-refractivity contribution in [1.29, 1.82) is 0 Å². The molecule has 0 unspecified atom stereocenters. The number of aryl methyl sites for hydroxylation is 1. The van der Waals surface area contributed by atoms with Gasteiger partial charge in [0.15, 0.2) is 5.82 Å². The minimum atomic E-state index is -0.116. The van der Waals surface area contributed by atoms with E-state index in [0.29, 0.717) is 19.6 Å². The molecule has 0 aliphatic rings. The highest BCUT2D eigenvalue weighted by Gasteiger charge is 2.30. The van der Waals surface area contributed by atoms with Crippen LogP contribution in [0, 0.1) is 12.8 Å². The van der Waals surface area contributed by atoms with Crippen molar-refractivity contribution >= 4 is 22.2 Å². The van der Waals surface area contributed by atoms with E-state index >= 15 is 0 Å². The highest BCUT2D eigenvalue weighted by molar-refractivity contribution is 7.09. The van der Waals surface area contributed by atoms with Crippen LogP contribution >= 0.6 is 11.3 Å². The summed E-state index contributed by atoms with van der Waals surface area (Å²) in [5.41, 5.74) is 2.64. The lowest BCUT2D eigenvalue weighted by molar-refractivity contribution is 0.127. The highest BCUT2D eigenvalue weighted by atomic mass is 32.1. The van der Waals surface area contributed by atoms with Gasteiger partial charge in [0.25, 0.3) is 5.56 Å². The monoisotopic (exact) mass is 488 g/mol. The topological polar surface area (TPSA) is 92.8 Å². The predicted octanol–water partition coefficient (Wildman–Crippen LogP) is 4.93. The Morgan fingerprint density at radius 1 is 1.14 bits per heavy atom. The molecule has 180 valence electrons.